The smallest absolute Gasteiger partial charge is 0.121 e. The Bertz CT molecular complexity index is 1030. The van der Waals surface area contributed by atoms with Gasteiger partial charge in [0.15, 0.2) is 0 Å². The van der Waals surface area contributed by atoms with Crippen LogP contribution in [0, 0.1) is 5.92 Å². The standard InChI is InChI=1S/C25H31N3O/c1-26-12-4-13-28-24-6-3-2-5-22(24)23-8-7-21(17-25(23)28)29-16-11-20-18-27-14-9-19(20)10-15-27/h2-3,5-8,11,17,19,26H,4,9-10,12-16,18H2,1H3/b20-11+. The molecule has 0 atom stereocenters. The van der Waals surface area contributed by atoms with Gasteiger partial charge >= 0.3 is 0 Å². The van der Waals surface area contributed by atoms with Crippen molar-refractivity contribution in [3.63, 3.8) is 0 Å². The van der Waals surface area contributed by atoms with Gasteiger partial charge in [-0.05, 0) is 76.1 Å². The van der Waals surface area contributed by atoms with Crippen LogP contribution >= 0.6 is 0 Å². The minimum atomic E-state index is 0.672. The van der Waals surface area contributed by atoms with E-state index >= 15 is 0 Å². The van der Waals surface area contributed by atoms with Crippen LogP contribution in [-0.2, 0) is 6.54 Å². The van der Waals surface area contributed by atoms with E-state index in [-0.39, 0.29) is 0 Å². The van der Waals surface area contributed by atoms with E-state index in [0.29, 0.717) is 6.61 Å². The van der Waals surface area contributed by atoms with Crippen LogP contribution in [0.25, 0.3) is 21.8 Å². The molecule has 3 aliphatic rings. The number of para-hydroxylation sites is 1. The molecule has 6 rings (SSSR count). The molecule has 1 aromatic heterocycles. The first-order valence-electron chi connectivity index (χ1n) is 11.0. The lowest BCUT2D eigenvalue weighted by Gasteiger charge is -2.41. The highest BCUT2D eigenvalue weighted by Gasteiger charge is 2.28. The summed E-state index contributed by atoms with van der Waals surface area (Å²) in [5, 5.41) is 5.90. The molecule has 3 aromatic rings. The summed E-state index contributed by atoms with van der Waals surface area (Å²) in [7, 11) is 2.02. The highest BCUT2D eigenvalue weighted by Crippen LogP contribution is 2.33. The van der Waals surface area contributed by atoms with Crippen LogP contribution in [0.3, 0.4) is 0 Å². The van der Waals surface area contributed by atoms with E-state index in [1.165, 1.54) is 47.7 Å². The highest BCUT2D eigenvalue weighted by molar-refractivity contribution is 6.08. The SMILES string of the molecule is CNCCCn1c2ccccc2c2ccc(OC/C=C3\CN4CCC3CC4)cc21. The summed E-state index contributed by atoms with van der Waals surface area (Å²) < 4.78 is 8.63. The molecule has 4 heteroatoms. The van der Waals surface area contributed by atoms with Crippen molar-refractivity contribution in [2.24, 2.45) is 5.92 Å². The third-order valence-corrected chi connectivity index (χ3v) is 6.67. The van der Waals surface area contributed by atoms with E-state index in [1.807, 2.05) is 7.05 Å². The topological polar surface area (TPSA) is 29.4 Å². The zero-order chi connectivity index (χ0) is 19.6. The molecule has 4 nitrogen and oxygen atoms in total. The first-order chi connectivity index (χ1) is 14.3. The first-order valence-corrected chi connectivity index (χ1v) is 11.0. The molecule has 3 saturated heterocycles. The normalized spacial score (nSPS) is 22.7. The van der Waals surface area contributed by atoms with E-state index in [0.717, 1.165) is 37.7 Å². The Kier molecular flexibility index (Phi) is 5.30. The number of nitrogens with one attached hydrogen (secondary N) is 1. The van der Waals surface area contributed by atoms with E-state index in [2.05, 4.69) is 63.3 Å². The minimum Gasteiger partial charge on any atom is -0.489 e. The van der Waals surface area contributed by atoms with E-state index in [4.69, 9.17) is 4.74 Å². The molecule has 3 fully saturated rings. The molecule has 0 saturated carbocycles. The van der Waals surface area contributed by atoms with Gasteiger partial charge in [-0.2, -0.15) is 0 Å². The monoisotopic (exact) mass is 389 g/mol. The number of aromatic nitrogens is 1. The second-order valence-electron chi connectivity index (χ2n) is 8.45. The van der Waals surface area contributed by atoms with Gasteiger partial charge in [0.1, 0.15) is 12.4 Å². The van der Waals surface area contributed by atoms with Crippen LogP contribution in [0.15, 0.2) is 54.1 Å². The molecule has 0 aliphatic carbocycles. The highest BCUT2D eigenvalue weighted by atomic mass is 16.5. The molecule has 0 radical (unpaired) electrons. The summed E-state index contributed by atoms with van der Waals surface area (Å²) in [6, 6.07) is 15.3. The van der Waals surface area contributed by atoms with Crippen LogP contribution in [-0.4, -0.2) is 49.3 Å². The van der Waals surface area contributed by atoms with Crippen molar-refractivity contribution in [3.05, 3.63) is 54.1 Å². The lowest BCUT2D eigenvalue weighted by Crippen LogP contribution is -2.43. The molecule has 152 valence electrons. The van der Waals surface area contributed by atoms with E-state index < -0.39 is 0 Å². The van der Waals surface area contributed by atoms with Crippen molar-refractivity contribution in [3.8, 4) is 5.75 Å². The third kappa shape index (κ3) is 3.67. The second-order valence-corrected chi connectivity index (χ2v) is 8.45. The molecule has 29 heavy (non-hydrogen) atoms. The van der Waals surface area contributed by atoms with Crippen LogP contribution < -0.4 is 10.1 Å². The summed E-state index contributed by atoms with van der Waals surface area (Å²) in [5.74, 6) is 1.76. The van der Waals surface area contributed by atoms with E-state index in [9.17, 15) is 0 Å². The molecule has 4 heterocycles. The van der Waals surface area contributed by atoms with Gasteiger partial charge in [0.05, 0.1) is 5.52 Å². The fourth-order valence-electron chi connectivity index (χ4n) is 5.10. The summed E-state index contributed by atoms with van der Waals surface area (Å²) in [4.78, 5) is 2.57. The number of fused-ring (bicyclic) bond motifs is 6. The average Bonchev–Trinajstić information content (AvgIpc) is 3.08. The van der Waals surface area contributed by atoms with Gasteiger partial charge < -0.3 is 14.6 Å². The zero-order valence-corrected chi connectivity index (χ0v) is 17.4. The Morgan fingerprint density at radius 3 is 2.69 bits per heavy atom. The zero-order valence-electron chi connectivity index (χ0n) is 17.4. The molecule has 2 aromatic carbocycles. The van der Waals surface area contributed by atoms with Gasteiger partial charge in [-0.25, -0.2) is 0 Å². The number of nitrogens with zero attached hydrogens (tertiary/aromatic N) is 2. The van der Waals surface area contributed by atoms with Crippen molar-refractivity contribution in [2.75, 3.05) is 39.8 Å². The number of benzene rings is 2. The maximum atomic E-state index is 6.18. The number of hydrogen-bond donors (Lipinski definition) is 1. The molecule has 2 bridgehead atoms. The largest absolute Gasteiger partial charge is 0.489 e. The van der Waals surface area contributed by atoms with Crippen molar-refractivity contribution < 1.29 is 4.74 Å². The van der Waals surface area contributed by atoms with Gasteiger partial charge in [0, 0.05) is 35.4 Å². The average molecular weight is 390 g/mol. The van der Waals surface area contributed by atoms with Crippen molar-refractivity contribution >= 4 is 21.8 Å². The number of ether oxygens (including phenoxy) is 1. The van der Waals surface area contributed by atoms with E-state index in [1.54, 1.807) is 5.57 Å². The van der Waals surface area contributed by atoms with Crippen LogP contribution in [0.4, 0.5) is 0 Å². The molecule has 0 amide bonds. The minimum absolute atomic E-state index is 0.672. The third-order valence-electron chi connectivity index (χ3n) is 6.67. The Morgan fingerprint density at radius 2 is 1.90 bits per heavy atom. The summed E-state index contributed by atoms with van der Waals surface area (Å²) in [6.45, 7) is 6.40. The number of aryl methyl sites for hydroxylation is 1. The summed E-state index contributed by atoms with van der Waals surface area (Å²) >= 11 is 0. The summed E-state index contributed by atoms with van der Waals surface area (Å²) in [5.41, 5.74) is 4.17. The maximum Gasteiger partial charge on any atom is 0.121 e. The fourth-order valence-corrected chi connectivity index (χ4v) is 5.10. The second kappa shape index (κ2) is 8.21. The van der Waals surface area contributed by atoms with Crippen LogP contribution in [0.1, 0.15) is 19.3 Å². The molecular weight excluding hydrogens is 358 g/mol. The van der Waals surface area contributed by atoms with Gasteiger partial charge in [0.2, 0.25) is 0 Å². The molecule has 0 unspecified atom stereocenters. The van der Waals surface area contributed by atoms with Crippen molar-refractivity contribution in [1.82, 2.24) is 14.8 Å². The molecule has 1 N–H and O–H groups in total. The number of rotatable bonds is 7. The summed E-state index contributed by atoms with van der Waals surface area (Å²) in [6.07, 6.45) is 6.09. The molecule has 3 aliphatic heterocycles. The van der Waals surface area contributed by atoms with Gasteiger partial charge in [0.25, 0.3) is 0 Å². The maximum absolute atomic E-state index is 6.18. The Morgan fingerprint density at radius 1 is 1.07 bits per heavy atom. The van der Waals surface area contributed by atoms with Crippen LogP contribution in [0.5, 0.6) is 5.75 Å². The lowest BCUT2D eigenvalue weighted by molar-refractivity contribution is 0.160. The molecular formula is C25H31N3O. The van der Waals surface area contributed by atoms with Gasteiger partial charge in [-0.3, -0.25) is 4.90 Å². The Hall–Kier alpha value is -2.30. The Balaban J connectivity index is 1.39. The molecule has 0 spiro atoms. The van der Waals surface area contributed by atoms with Crippen LogP contribution in [0.2, 0.25) is 0 Å². The fraction of sp³-hybridized carbons (Fsp3) is 0.440. The van der Waals surface area contributed by atoms with Crippen molar-refractivity contribution in [2.45, 2.75) is 25.8 Å². The van der Waals surface area contributed by atoms with Gasteiger partial charge in [-0.15, -0.1) is 0 Å². The Labute approximate surface area is 173 Å². The quantitative estimate of drug-likeness (QED) is 0.479. The van der Waals surface area contributed by atoms with Gasteiger partial charge in [-0.1, -0.05) is 23.8 Å². The first kappa shape index (κ1) is 18.7. The number of piperidine rings is 3. The predicted octanol–water partition coefficient (Wildman–Crippen LogP) is 4.43. The predicted molar refractivity (Wildman–Crippen MR) is 121 cm³/mol. The van der Waals surface area contributed by atoms with Crippen molar-refractivity contribution in [1.29, 1.82) is 0 Å². The lowest BCUT2D eigenvalue weighted by atomic mass is 9.84. The number of hydrogen-bond acceptors (Lipinski definition) is 3.